The van der Waals surface area contributed by atoms with Crippen LogP contribution >= 0.6 is 0 Å². The molecule has 1 atom stereocenters. The van der Waals surface area contributed by atoms with E-state index in [1.807, 2.05) is 6.07 Å². The molecule has 1 fully saturated rings. The van der Waals surface area contributed by atoms with E-state index in [0.29, 0.717) is 37.7 Å². The minimum Gasteiger partial charge on any atom is -0.485 e. The Hall–Kier alpha value is -3.04. The van der Waals surface area contributed by atoms with Gasteiger partial charge < -0.3 is 19.3 Å². The summed E-state index contributed by atoms with van der Waals surface area (Å²) in [5, 5.41) is 0. The predicted molar refractivity (Wildman–Crippen MR) is 92.2 cm³/mol. The number of rotatable bonds is 2. The highest BCUT2D eigenvalue weighted by atomic mass is 19.4. The number of para-hydroxylation sites is 2. The lowest BCUT2D eigenvalue weighted by atomic mass is 10.2. The highest BCUT2D eigenvalue weighted by Gasteiger charge is 2.35. The molecule has 1 aromatic carbocycles. The third-order valence-electron chi connectivity index (χ3n) is 4.64. The molecule has 0 N–H and O–H groups in total. The SMILES string of the molecule is O=C(C1COc2ccccc2O1)N1CCN(c2cc(C(F)(F)F)ncn2)CC1. The molecule has 148 valence electrons. The molecule has 1 unspecified atom stereocenters. The number of benzene rings is 1. The van der Waals surface area contributed by atoms with Crippen LogP contribution in [0.2, 0.25) is 0 Å². The first-order valence-electron chi connectivity index (χ1n) is 8.73. The lowest BCUT2D eigenvalue weighted by Crippen LogP contribution is -2.54. The van der Waals surface area contributed by atoms with Crippen molar-refractivity contribution in [1.29, 1.82) is 0 Å². The van der Waals surface area contributed by atoms with Crippen LogP contribution in [0, 0.1) is 0 Å². The molecule has 0 radical (unpaired) electrons. The average Bonchev–Trinajstić information content (AvgIpc) is 2.72. The van der Waals surface area contributed by atoms with E-state index in [0.717, 1.165) is 12.4 Å². The van der Waals surface area contributed by atoms with Gasteiger partial charge in [-0.05, 0) is 12.1 Å². The lowest BCUT2D eigenvalue weighted by molar-refractivity contribution is -0.141. The fourth-order valence-corrected chi connectivity index (χ4v) is 3.18. The number of alkyl halides is 3. The van der Waals surface area contributed by atoms with Crippen molar-refractivity contribution in [3.05, 3.63) is 42.4 Å². The van der Waals surface area contributed by atoms with E-state index in [4.69, 9.17) is 9.47 Å². The van der Waals surface area contributed by atoms with Crippen LogP contribution < -0.4 is 14.4 Å². The predicted octanol–water partition coefficient (Wildman–Crippen LogP) is 1.98. The molecule has 3 heterocycles. The molecule has 1 saturated heterocycles. The Morgan fingerprint density at radius 2 is 1.79 bits per heavy atom. The van der Waals surface area contributed by atoms with E-state index >= 15 is 0 Å². The Balaban J connectivity index is 1.38. The van der Waals surface area contributed by atoms with E-state index in [1.54, 1.807) is 28.0 Å². The van der Waals surface area contributed by atoms with E-state index in [1.165, 1.54) is 0 Å². The summed E-state index contributed by atoms with van der Waals surface area (Å²) in [6.07, 6.45) is -4.36. The summed E-state index contributed by atoms with van der Waals surface area (Å²) < 4.78 is 49.8. The first-order valence-corrected chi connectivity index (χ1v) is 8.73. The van der Waals surface area contributed by atoms with Gasteiger partial charge in [-0.15, -0.1) is 0 Å². The van der Waals surface area contributed by atoms with Gasteiger partial charge in [0, 0.05) is 32.2 Å². The van der Waals surface area contributed by atoms with Crippen LogP contribution in [0.25, 0.3) is 0 Å². The number of hydrogen-bond donors (Lipinski definition) is 0. The van der Waals surface area contributed by atoms with Crippen molar-refractivity contribution in [3.8, 4) is 11.5 Å². The number of piperazine rings is 1. The number of halogens is 3. The van der Waals surface area contributed by atoms with E-state index in [2.05, 4.69) is 9.97 Å². The van der Waals surface area contributed by atoms with Crippen molar-refractivity contribution in [2.75, 3.05) is 37.7 Å². The quantitative estimate of drug-likeness (QED) is 0.776. The van der Waals surface area contributed by atoms with E-state index in [-0.39, 0.29) is 18.3 Å². The molecule has 2 aliphatic rings. The molecule has 0 spiro atoms. The molecular formula is C18H17F3N4O3. The molecule has 2 aliphatic heterocycles. The molecule has 0 aliphatic carbocycles. The summed E-state index contributed by atoms with van der Waals surface area (Å²) >= 11 is 0. The van der Waals surface area contributed by atoms with Gasteiger partial charge in [0.15, 0.2) is 11.5 Å². The number of ether oxygens (including phenoxy) is 2. The van der Waals surface area contributed by atoms with Gasteiger partial charge in [-0.1, -0.05) is 12.1 Å². The average molecular weight is 394 g/mol. The first kappa shape index (κ1) is 18.3. The van der Waals surface area contributed by atoms with Crippen LogP contribution in [-0.2, 0) is 11.0 Å². The molecule has 0 bridgehead atoms. The molecule has 10 heteroatoms. The highest BCUT2D eigenvalue weighted by molar-refractivity contribution is 5.82. The maximum Gasteiger partial charge on any atom is 0.433 e. The maximum absolute atomic E-state index is 12.8. The van der Waals surface area contributed by atoms with Gasteiger partial charge >= 0.3 is 6.18 Å². The number of carbonyl (C=O) groups excluding carboxylic acids is 1. The zero-order valence-electron chi connectivity index (χ0n) is 14.7. The Labute approximate surface area is 158 Å². The number of nitrogens with zero attached hydrogens (tertiary/aromatic N) is 4. The van der Waals surface area contributed by atoms with Crippen molar-refractivity contribution < 1.29 is 27.4 Å². The third kappa shape index (κ3) is 3.67. The van der Waals surface area contributed by atoms with Crippen molar-refractivity contribution >= 4 is 11.7 Å². The molecule has 1 aromatic heterocycles. The number of aromatic nitrogens is 2. The van der Waals surface area contributed by atoms with Crippen molar-refractivity contribution in [2.45, 2.75) is 12.3 Å². The molecule has 28 heavy (non-hydrogen) atoms. The topological polar surface area (TPSA) is 67.8 Å². The second-order valence-corrected chi connectivity index (χ2v) is 6.44. The van der Waals surface area contributed by atoms with Crippen molar-refractivity contribution in [1.82, 2.24) is 14.9 Å². The smallest absolute Gasteiger partial charge is 0.433 e. The highest BCUT2D eigenvalue weighted by Crippen LogP contribution is 2.32. The molecule has 4 rings (SSSR count). The normalized spacial score (nSPS) is 19.5. The summed E-state index contributed by atoms with van der Waals surface area (Å²) in [6.45, 7) is 1.56. The van der Waals surface area contributed by atoms with Gasteiger partial charge in [0.2, 0.25) is 6.10 Å². The first-order chi connectivity index (χ1) is 13.4. The summed E-state index contributed by atoms with van der Waals surface area (Å²) in [4.78, 5) is 23.3. The maximum atomic E-state index is 12.8. The van der Waals surface area contributed by atoms with Crippen LogP contribution in [0.15, 0.2) is 36.7 Å². The third-order valence-corrected chi connectivity index (χ3v) is 4.64. The monoisotopic (exact) mass is 394 g/mol. The molecule has 0 saturated carbocycles. The van der Waals surface area contributed by atoms with Crippen molar-refractivity contribution in [3.63, 3.8) is 0 Å². The summed E-state index contributed by atoms with van der Waals surface area (Å²) in [5.74, 6) is 1.11. The Morgan fingerprint density at radius 1 is 1.07 bits per heavy atom. The molecule has 2 aromatic rings. The van der Waals surface area contributed by atoms with E-state index < -0.39 is 18.0 Å². The van der Waals surface area contributed by atoms with Crippen LogP contribution in [0.1, 0.15) is 5.69 Å². The Bertz CT molecular complexity index is 869. The van der Waals surface area contributed by atoms with Gasteiger partial charge in [-0.2, -0.15) is 13.2 Å². The van der Waals surface area contributed by atoms with Crippen molar-refractivity contribution in [2.24, 2.45) is 0 Å². The van der Waals surface area contributed by atoms with Gasteiger partial charge in [0.1, 0.15) is 24.4 Å². The summed E-state index contributed by atoms with van der Waals surface area (Å²) in [5.41, 5.74) is -0.984. The fourth-order valence-electron chi connectivity index (χ4n) is 3.18. The number of fused-ring (bicyclic) bond motifs is 1. The van der Waals surface area contributed by atoms with Gasteiger partial charge in [-0.25, -0.2) is 9.97 Å². The fraction of sp³-hybridized carbons (Fsp3) is 0.389. The van der Waals surface area contributed by atoms with Gasteiger partial charge in [0.05, 0.1) is 0 Å². The second kappa shape index (κ2) is 7.17. The van der Waals surface area contributed by atoms with Gasteiger partial charge in [-0.3, -0.25) is 4.79 Å². The number of amides is 1. The van der Waals surface area contributed by atoms with Crippen LogP contribution in [0.5, 0.6) is 11.5 Å². The molecule has 1 amide bonds. The zero-order chi connectivity index (χ0) is 19.7. The Morgan fingerprint density at radius 3 is 2.50 bits per heavy atom. The molecule has 7 nitrogen and oxygen atoms in total. The second-order valence-electron chi connectivity index (χ2n) is 6.44. The minimum atomic E-state index is -4.52. The molecular weight excluding hydrogens is 377 g/mol. The Kier molecular flexibility index (Phi) is 4.70. The number of hydrogen-bond acceptors (Lipinski definition) is 6. The van der Waals surface area contributed by atoms with Gasteiger partial charge in [0.25, 0.3) is 5.91 Å². The lowest BCUT2D eigenvalue weighted by Gasteiger charge is -2.37. The van der Waals surface area contributed by atoms with E-state index in [9.17, 15) is 18.0 Å². The number of carbonyl (C=O) groups is 1. The largest absolute Gasteiger partial charge is 0.485 e. The van der Waals surface area contributed by atoms with Crippen LogP contribution in [0.4, 0.5) is 19.0 Å². The zero-order valence-corrected chi connectivity index (χ0v) is 14.7. The van der Waals surface area contributed by atoms with Crippen LogP contribution in [-0.4, -0.2) is 59.7 Å². The minimum absolute atomic E-state index is 0.122. The number of anilines is 1. The summed E-state index contributed by atoms with van der Waals surface area (Å²) in [7, 11) is 0. The van der Waals surface area contributed by atoms with Crippen LogP contribution in [0.3, 0.4) is 0 Å². The summed E-state index contributed by atoms with van der Waals surface area (Å²) in [6, 6.07) is 8.05. The standard InChI is InChI=1S/C18H17F3N4O3/c19-18(20,21)15-9-16(23-11-22-15)24-5-7-25(8-6-24)17(26)14-10-27-12-3-1-2-4-13(12)28-14/h1-4,9,11,14H,5-8,10H2.